The number of hydrogen-bond donors (Lipinski definition) is 1. The van der Waals surface area contributed by atoms with Crippen molar-refractivity contribution in [1.82, 2.24) is 19.7 Å². The molecule has 2 aromatic carbocycles. The second-order valence-electron chi connectivity index (χ2n) is 9.53. The minimum atomic E-state index is -3.82. The van der Waals surface area contributed by atoms with Crippen LogP contribution >= 0.6 is 0 Å². The van der Waals surface area contributed by atoms with Gasteiger partial charge in [-0.1, -0.05) is 24.6 Å². The summed E-state index contributed by atoms with van der Waals surface area (Å²) in [5.74, 6) is 2.03. The molecule has 1 N–H and O–H groups in total. The fourth-order valence-electron chi connectivity index (χ4n) is 5.08. The molecule has 3 heterocycles. The Hall–Kier alpha value is -3.20. The lowest BCUT2D eigenvalue weighted by atomic mass is 9.96. The maximum absolute atomic E-state index is 13.4. The molecule has 0 spiro atoms. The topological polar surface area (TPSA) is 97.2 Å². The van der Waals surface area contributed by atoms with Crippen LogP contribution in [0.2, 0.25) is 0 Å². The number of aryl methyl sites for hydroxylation is 2. The average molecular weight is 494 g/mol. The van der Waals surface area contributed by atoms with E-state index >= 15 is 0 Å². The fourth-order valence-corrected chi connectivity index (χ4v) is 6.18. The molecule has 0 aliphatic carbocycles. The molecule has 3 aromatic rings. The van der Waals surface area contributed by atoms with Crippen LogP contribution in [-0.4, -0.2) is 47.1 Å². The summed E-state index contributed by atoms with van der Waals surface area (Å²) in [5, 5.41) is 8.94. The lowest BCUT2D eigenvalue weighted by Gasteiger charge is -2.32. The fraction of sp³-hybridized carbons (Fsp3) is 0.423. The molecule has 1 amide bonds. The second kappa shape index (κ2) is 9.81. The van der Waals surface area contributed by atoms with Crippen LogP contribution < -0.4 is 4.72 Å². The van der Waals surface area contributed by atoms with Crippen LogP contribution in [0.25, 0.3) is 0 Å². The van der Waals surface area contributed by atoms with Gasteiger partial charge in [-0.05, 0) is 68.5 Å². The lowest BCUT2D eigenvalue weighted by molar-refractivity contribution is 0.0703. The van der Waals surface area contributed by atoms with E-state index in [-0.39, 0.29) is 16.7 Å². The van der Waals surface area contributed by atoms with Gasteiger partial charge in [0.05, 0.1) is 4.90 Å². The predicted molar refractivity (Wildman–Crippen MR) is 134 cm³/mol. The molecule has 1 aromatic heterocycles. The zero-order chi connectivity index (χ0) is 24.4. The van der Waals surface area contributed by atoms with Gasteiger partial charge in [0.15, 0.2) is 0 Å². The van der Waals surface area contributed by atoms with Crippen LogP contribution in [0.3, 0.4) is 0 Å². The highest BCUT2D eigenvalue weighted by atomic mass is 32.2. The first-order valence-electron chi connectivity index (χ1n) is 12.3. The zero-order valence-corrected chi connectivity index (χ0v) is 20.8. The molecule has 1 fully saturated rings. The minimum absolute atomic E-state index is 0.0705. The Balaban J connectivity index is 1.33. The van der Waals surface area contributed by atoms with Gasteiger partial charge in [-0.15, -0.1) is 10.2 Å². The number of nitrogens with zero attached hydrogens (tertiary/aromatic N) is 4. The molecule has 1 saturated heterocycles. The van der Waals surface area contributed by atoms with Gasteiger partial charge in [0, 0.05) is 43.2 Å². The number of rotatable bonds is 5. The van der Waals surface area contributed by atoms with E-state index < -0.39 is 10.0 Å². The SMILES string of the molecule is Cc1cccc(NS(=O)(=O)c2cccc(C(=O)N3CCCC(c4nnc5n4CCCCC5)C3)c2)c1. The maximum Gasteiger partial charge on any atom is 0.261 e. The van der Waals surface area contributed by atoms with Gasteiger partial charge in [-0.3, -0.25) is 9.52 Å². The van der Waals surface area contributed by atoms with E-state index in [1.165, 1.54) is 18.6 Å². The van der Waals surface area contributed by atoms with Crippen molar-refractivity contribution < 1.29 is 13.2 Å². The van der Waals surface area contributed by atoms with Crippen molar-refractivity contribution in [1.29, 1.82) is 0 Å². The molecule has 8 nitrogen and oxygen atoms in total. The molecule has 0 saturated carbocycles. The summed E-state index contributed by atoms with van der Waals surface area (Å²) >= 11 is 0. The first-order chi connectivity index (χ1) is 16.9. The van der Waals surface area contributed by atoms with Gasteiger partial charge in [0.2, 0.25) is 0 Å². The molecule has 2 aliphatic rings. The van der Waals surface area contributed by atoms with Crippen molar-refractivity contribution in [2.75, 3.05) is 17.8 Å². The van der Waals surface area contributed by atoms with E-state index in [4.69, 9.17) is 0 Å². The summed E-state index contributed by atoms with van der Waals surface area (Å²) in [6.45, 7) is 4.06. The average Bonchev–Trinajstić information content (AvgIpc) is 3.11. The van der Waals surface area contributed by atoms with Gasteiger partial charge in [0.1, 0.15) is 11.6 Å². The van der Waals surface area contributed by atoms with E-state index in [1.807, 2.05) is 17.9 Å². The van der Waals surface area contributed by atoms with E-state index in [9.17, 15) is 13.2 Å². The number of benzene rings is 2. The third-order valence-electron chi connectivity index (χ3n) is 6.87. The molecule has 184 valence electrons. The largest absolute Gasteiger partial charge is 0.338 e. The summed E-state index contributed by atoms with van der Waals surface area (Å²) in [7, 11) is -3.82. The van der Waals surface area contributed by atoms with Crippen molar-refractivity contribution in [3.63, 3.8) is 0 Å². The maximum atomic E-state index is 13.4. The number of likely N-dealkylation sites (tertiary alicyclic amines) is 1. The van der Waals surface area contributed by atoms with Crippen LogP contribution in [0.4, 0.5) is 5.69 Å². The Morgan fingerprint density at radius 1 is 1.00 bits per heavy atom. The number of aromatic nitrogens is 3. The highest BCUT2D eigenvalue weighted by Crippen LogP contribution is 2.29. The van der Waals surface area contributed by atoms with Crippen LogP contribution in [0, 0.1) is 6.92 Å². The molecule has 0 bridgehead atoms. The second-order valence-corrected chi connectivity index (χ2v) is 11.2. The zero-order valence-electron chi connectivity index (χ0n) is 20.0. The molecular weight excluding hydrogens is 462 g/mol. The van der Waals surface area contributed by atoms with E-state index in [2.05, 4.69) is 19.5 Å². The molecule has 1 atom stereocenters. The monoisotopic (exact) mass is 493 g/mol. The lowest BCUT2D eigenvalue weighted by Crippen LogP contribution is -2.40. The van der Waals surface area contributed by atoms with E-state index in [0.717, 1.165) is 55.9 Å². The number of piperidine rings is 1. The summed E-state index contributed by atoms with van der Waals surface area (Å²) in [5.41, 5.74) is 1.82. The molecular formula is C26H31N5O3S. The number of carbonyl (C=O) groups excluding carboxylic acids is 1. The Morgan fingerprint density at radius 2 is 1.86 bits per heavy atom. The van der Waals surface area contributed by atoms with Crippen molar-refractivity contribution in [3.8, 4) is 0 Å². The quantitative estimate of drug-likeness (QED) is 0.576. The van der Waals surface area contributed by atoms with Gasteiger partial charge >= 0.3 is 0 Å². The first kappa shape index (κ1) is 23.5. The number of hydrogen-bond acceptors (Lipinski definition) is 5. The Kier molecular flexibility index (Phi) is 6.60. The van der Waals surface area contributed by atoms with E-state index in [1.54, 1.807) is 30.3 Å². The van der Waals surface area contributed by atoms with Crippen LogP contribution in [-0.2, 0) is 23.0 Å². The first-order valence-corrected chi connectivity index (χ1v) is 13.8. The summed E-state index contributed by atoms with van der Waals surface area (Å²) < 4.78 is 30.8. The standard InChI is InChI=1S/C26H31N5O3S/c1-19-8-5-11-22(16-19)29-35(33,34)23-12-6-9-20(17-23)26(32)30-14-7-10-21(18-30)25-28-27-24-13-3-2-4-15-31(24)25/h5-6,8-9,11-12,16-17,21,29H,2-4,7,10,13-15,18H2,1H3. The van der Waals surface area contributed by atoms with Crippen LogP contribution in [0.1, 0.15) is 65.6 Å². The van der Waals surface area contributed by atoms with Crippen molar-refractivity contribution in [3.05, 3.63) is 71.3 Å². The minimum Gasteiger partial charge on any atom is -0.338 e. The summed E-state index contributed by atoms with van der Waals surface area (Å²) in [6, 6.07) is 13.5. The van der Waals surface area contributed by atoms with Crippen LogP contribution in [0.15, 0.2) is 53.4 Å². The molecule has 5 rings (SSSR count). The number of carbonyl (C=O) groups is 1. The van der Waals surface area contributed by atoms with Gasteiger partial charge < -0.3 is 9.47 Å². The third kappa shape index (κ3) is 5.10. The van der Waals surface area contributed by atoms with Crippen molar-refractivity contribution in [2.45, 2.75) is 62.8 Å². The number of sulfonamides is 1. The Labute approximate surface area is 206 Å². The van der Waals surface area contributed by atoms with Crippen molar-refractivity contribution >= 4 is 21.6 Å². The number of fused-ring (bicyclic) bond motifs is 1. The summed E-state index contributed by atoms with van der Waals surface area (Å²) in [4.78, 5) is 15.3. The Bertz CT molecular complexity index is 1330. The molecule has 2 aliphatic heterocycles. The van der Waals surface area contributed by atoms with Gasteiger partial charge in [0.25, 0.3) is 15.9 Å². The van der Waals surface area contributed by atoms with Crippen molar-refractivity contribution in [2.24, 2.45) is 0 Å². The van der Waals surface area contributed by atoms with Gasteiger partial charge in [-0.25, -0.2) is 8.42 Å². The Morgan fingerprint density at radius 3 is 2.71 bits per heavy atom. The molecule has 35 heavy (non-hydrogen) atoms. The molecule has 0 radical (unpaired) electrons. The highest BCUT2D eigenvalue weighted by Gasteiger charge is 2.30. The molecule has 1 unspecified atom stereocenters. The number of amides is 1. The predicted octanol–water partition coefficient (Wildman–Crippen LogP) is 4.13. The number of anilines is 1. The third-order valence-corrected chi connectivity index (χ3v) is 8.25. The summed E-state index contributed by atoms with van der Waals surface area (Å²) in [6.07, 6.45) is 6.29. The highest BCUT2D eigenvalue weighted by molar-refractivity contribution is 7.92. The molecule has 9 heteroatoms. The smallest absolute Gasteiger partial charge is 0.261 e. The van der Waals surface area contributed by atoms with Crippen LogP contribution in [0.5, 0.6) is 0 Å². The van der Waals surface area contributed by atoms with Gasteiger partial charge in [-0.2, -0.15) is 0 Å². The number of nitrogens with one attached hydrogen (secondary N) is 1. The van der Waals surface area contributed by atoms with E-state index in [0.29, 0.717) is 24.3 Å². The normalized spacial score (nSPS) is 18.5.